The molecule has 1 rings (SSSR count). The van der Waals surface area contributed by atoms with Crippen LogP contribution in [0.25, 0.3) is 0 Å². The highest BCUT2D eigenvalue weighted by molar-refractivity contribution is 6.05. The summed E-state index contributed by atoms with van der Waals surface area (Å²) in [7, 11) is 0. The van der Waals surface area contributed by atoms with Crippen molar-refractivity contribution in [3.8, 4) is 0 Å². The lowest BCUT2D eigenvalue weighted by atomic mass is 10.0. The van der Waals surface area contributed by atoms with Crippen LogP contribution in [0.4, 0.5) is 0 Å². The molecule has 1 atom stereocenters. The number of hydrogen-bond acceptors (Lipinski definition) is 5. The molecule has 0 aliphatic rings. The smallest absolute Gasteiger partial charge is 0.351 e. The average molecular weight is 268 g/mol. The maximum atomic E-state index is 11.5. The molecule has 3 N–H and O–H groups in total. The quantitative estimate of drug-likeness (QED) is 0.491. The Hall–Kier alpha value is -2.41. The van der Waals surface area contributed by atoms with Crippen molar-refractivity contribution in [1.29, 1.82) is 0 Å². The van der Waals surface area contributed by atoms with Gasteiger partial charge < -0.3 is 20.1 Å². The van der Waals surface area contributed by atoms with Crippen molar-refractivity contribution in [2.24, 2.45) is 0 Å². The van der Waals surface area contributed by atoms with Gasteiger partial charge >= 0.3 is 17.9 Å². The molecule has 0 radical (unpaired) electrons. The molecule has 7 heteroatoms. The van der Waals surface area contributed by atoms with Gasteiger partial charge in [0.1, 0.15) is 6.61 Å². The molecule has 0 spiro atoms. The number of carboxylic acid groups (broad SMARTS) is 2. The number of benzene rings is 1. The first-order valence-electron chi connectivity index (χ1n) is 5.25. The zero-order valence-corrected chi connectivity index (χ0v) is 9.78. The van der Waals surface area contributed by atoms with Crippen LogP contribution in [0, 0.1) is 0 Å². The lowest BCUT2D eigenvalue weighted by Gasteiger charge is -2.19. The third-order valence-corrected chi connectivity index (χ3v) is 2.31. The number of carbonyl (C=O) groups is 3. The Labute approximate surface area is 108 Å². The largest absolute Gasteiger partial charge is 0.481 e. The van der Waals surface area contributed by atoms with E-state index < -0.39 is 29.9 Å². The normalized spacial score (nSPS) is 13.3. The van der Waals surface area contributed by atoms with Crippen LogP contribution in [0.5, 0.6) is 0 Å². The summed E-state index contributed by atoms with van der Waals surface area (Å²) in [5, 5.41) is 26.8. The number of aliphatic hydroxyl groups is 1. The monoisotopic (exact) mass is 268 g/mol. The van der Waals surface area contributed by atoms with Gasteiger partial charge in [-0.2, -0.15) is 0 Å². The van der Waals surface area contributed by atoms with E-state index in [4.69, 9.17) is 10.2 Å². The minimum absolute atomic E-state index is 0.255. The topological polar surface area (TPSA) is 121 Å². The van der Waals surface area contributed by atoms with Crippen molar-refractivity contribution in [1.82, 2.24) is 0 Å². The zero-order chi connectivity index (χ0) is 14.5. The molecule has 0 saturated carbocycles. The highest BCUT2D eigenvalue weighted by Crippen LogP contribution is 2.15. The van der Waals surface area contributed by atoms with E-state index in [9.17, 15) is 19.5 Å². The Kier molecular flexibility index (Phi) is 4.60. The molecule has 1 unspecified atom stereocenters. The number of carbonyl (C=O) groups excluding carboxylic acids is 1. The first-order chi connectivity index (χ1) is 8.86. The fourth-order valence-corrected chi connectivity index (χ4v) is 1.30. The predicted octanol–water partition coefficient (Wildman–Crippen LogP) is 0.0202. The number of esters is 1. The number of rotatable bonds is 6. The molecule has 0 fully saturated rings. The standard InChI is InChI=1S/C12H12O7/c13-9(14)6-12(18,10(15)16)11(17)19-7-8-4-2-1-3-5-8/h1-5,18H,6-7H2,(H,13,14)(H,15,16). The van der Waals surface area contributed by atoms with E-state index in [1.165, 1.54) is 0 Å². The van der Waals surface area contributed by atoms with Crippen LogP contribution in [-0.4, -0.2) is 38.8 Å². The van der Waals surface area contributed by atoms with Gasteiger partial charge in [0.05, 0.1) is 6.42 Å². The summed E-state index contributed by atoms with van der Waals surface area (Å²) in [6, 6.07) is 8.37. The molecular formula is C12H12O7. The number of ether oxygens (including phenoxy) is 1. The average Bonchev–Trinajstić information content (AvgIpc) is 2.36. The third-order valence-electron chi connectivity index (χ3n) is 2.31. The van der Waals surface area contributed by atoms with E-state index in [2.05, 4.69) is 4.74 Å². The van der Waals surface area contributed by atoms with Gasteiger partial charge in [0.2, 0.25) is 0 Å². The SMILES string of the molecule is O=C(O)CC(O)(C(=O)O)C(=O)OCc1ccccc1. The first kappa shape index (κ1) is 14.7. The molecule has 0 aromatic heterocycles. The van der Waals surface area contributed by atoms with Crippen LogP contribution in [0.2, 0.25) is 0 Å². The van der Waals surface area contributed by atoms with E-state index in [-0.39, 0.29) is 6.61 Å². The molecule has 0 aliphatic heterocycles. The minimum atomic E-state index is -3.08. The van der Waals surface area contributed by atoms with Crippen LogP contribution in [0.15, 0.2) is 30.3 Å². The summed E-state index contributed by atoms with van der Waals surface area (Å²) in [4.78, 5) is 32.8. The van der Waals surface area contributed by atoms with Crippen molar-refractivity contribution in [3.05, 3.63) is 35.9 Å². The molecule has 0 saturated heterocycles. The molecule has 0 amide bonds. The van der Waals surface area contributed by atoms with Crippen LogP contribution >= 0.6 is 0 Å². The van der Waals surface area contributed by atoms with Crippen molar-refractivity contribution >= 4 is 17.9 Å². The minimum Gasteiger partial charge on any atom is -0.481 e. The van der Waals surface area contributed by atoms with Crippen molar-refractivity contribution in [2.75, 3.05) is 0 Å². The van der Waals surface area contributed by atoms with E-state index in [0.29, 0.717) is 5.56 Å². The molecule has 1 aromatic rings. The molecule has 19 heavy (non-hydrogen) atoms. The Morgan fingerprint density at radius 2 is 1.68 bits per heavy atom. The van der Waals surface area contributed by atoms with E-state index in [1.54, 1.807) is 30.3 Å². The fourth-order valence-electron chi connectivity index (χ4n) is 1.30. The lowest BCUT2D eigenvalue weighted by Crippen LogP contribution is -2.49. The second-order valence-corrected chi connectivity index (χ2v) is 3.80. The van der Waals surface area contributed by atoms with Gasteiger partial charge in [-0.15, -0.1) is 0 Å². The van der Waals surface area contributed by atoms with E-state index >= 15 is 0 Å². The number of carboxylic acids is 2. The van der Waals surface area contributed by atoms with E-state index in [1.807, 2.05) is 0 Å². The number of aliphatic carboxylic acids is 2. The highest BCUT2D eigenvalue weighted by atomic mass is 16.6. The van der Waals surface area contributed by atoms with Gasteiger partial charge in [-0.3, -0.25) is 4.79 Å². The van der Waals surface area contributed by atoms with Gasteiger partial charge in [0, 0.05) is 0 Å². The fraction of sp³-hybridized carbons (Fsp3) is 0.250. The van der Waals surface area contributed by atoms with E-state index in [0.717, 1.165) is 0 Å². The van der Waals surface area contributed by atoms with Gasteiger partial charge in [-0.1, -0.05) is 30.3 Å². The summed E-state index contributed by atoms with van der Waals surface area (Å²) in [6.45, 7) is -0.255. The summed E-state index contributed by atoms with van der Waals surface area (Å²) in [6.07, 6.45) is -1.27. The maximum absolute atomic E-state index is 11.5. The molecule has 1 aromatic carbocycles. The van der Waals surface area contributed by atoms with Crippen molar-refractivity contribution in [2.45, 2.75) is 18.6 Å². The lowest BCUT2D eigenvalue weighted by molar-refractivity contribution is -0.185. The molecule has 0 aliphatic carbocycles. The summed E-state index contributed by atoms with van der Waals surface area (Å²) < 4.78 is 4.62. The summed E-state index contributed by atoms with van der Waals surface area (Å²) >= 11 is 0. The Bertz CT molecular complexity index is 482. The molecule has 0 bridgehead atoms. The molecule has 102 valence electrons. The summed E-state index contributed by atoms with van der Waals surface area (Å²) in [5.74, 6) is -5.10. The van der Waals surface area contributed by atoms with Gasteiger partial charge in [0.15, 0.2) is 0 Å². The Balaban J connectivity index is 2.73. The second-order valence-electron chi connectivity index (χ2n) is 3.80. The van der Waals surface area contributed by atoms with Crippen LogP contribution in [0.3, 0.4) is 0 Å². The molecule has 0 heterocycles. The van der Waals surface area contributed by atoms with Crippen molar-refractivity contribution in [3.63, 3.8) is 0 Å². The van der Waals surface area contributed by atoms with Gasteiger partial charge in [0.25, 0.3) is 5.60 Å². The predicted molar refractivity (Wildman–Crippen MR) is 61.1 cm³/mol. The van der Waals surface area contributed by atoms with Crippen LogP contribution in [-0.2, 0) is 25.7 Å². The molecule has 7 nitrogen and oxygen atoms in total. The van der Waals surface area contributed by atoms with Crippen LogP contribution < -0.4 is 0 Å². The van der Waals surface area contributed by atoms with Gasteiger partial charge in [-0.05, 0) is 5.56 Å². The second kappa shape index (κ2) is 5.96. The van der Waals surface area contributed by atoms with Crippen LogP contribution in [0.1, 0.15) is 12.0 Å². The number of hydrogen-bond donors (Lipinski definition) is 3. The van der Waals surface area contributed by atoms with Crippen molar-refractivity contribution < 1.29 is 34.4 Å². The summed E-state index contributed by atoms with van der Waals surface area (Å²) in [5.41, 5.74) is -2.50. The Morgan fingerprint density at radius 1 is 1.11 bits per heavy atom. The Morgan fingerprint density at radius 3 is 2.16 bits per heavy atom. The zero-order valence-electron chi connectivity index (χ0n) is 9.78. The highest BCUT2D eigenvalue weighted by Gasteiger charge is 2.48. The molecular weight excluding hydrogens is 256 g/mol. The first-order valence-corrected chi connectivity index (χ1v) is 5.25. The van der Waals surface area contributed by atoms with Gasteiger partial charge in [-0.25, -0.2) is 9.59 Å². The maximum Gasteiger partial charge on any atom is 0.351 e. The third kappa shape index (κ3) is 3.78.